The fourth-order valence-corrected chi connectivity index (χ4v) is 6.35. The van der Waals surface area contributed by atoms with Gasteiger partial charge in [-0.15, -0.1) is 11.3 Å². The molecular weight excluding hydrogens is 318 g/mol. The largest absolute Gasteiger partial charge is 0.241 e. The third kappa shape index (κ3) is 2.40. The van der Waals surface area contributed by atoms with Crippen molar-refractivity contribution >= 4 is 21.2 Å². The molecule has 0 N–H and O–H groups in total. The lowest BCUT2D eigenvalue weighted by Gasteiger charge is -2.15. The van der Waals surface area contributed by atoms with Crippen LogP contribution in [0.4, 0.5) is 0 Å². The number of aromatic nitrogens is 3. The smallest absolute Gasteiger partial charge is 0.169 e. The van der Waals surface area contributed by atoms with E-state index in [9.17, 15) is 8.42 Å². The van der Waals surface area contributed by atoms with Crippen LogP contribution in [0.5, 0.6) is 0 Å². The molecule has 118 valence electrons. The minimum atomic E-state index is -2.92. The Morgan fingerprint density at radius 1 is 1.32 bits per heavy atom. The zero-order valence-electron chi connectivity index (χ0n) is 12.6. The average Bonchev–Trinajstić information content (AvgIpc) is 3.15. The van der Waals surface area contributed by atoms with Crippen molar-refractivity contribution in [1.29, 1.82) is 0 Å². The lowest BCUT2D eigenvalue weighted by Crippen LogP contribution is -2.14. The van der Waals surface area contributed by atoms with Crippen molar-refractivity contribution in [2.24, 2.45) is 0 Å². The molecule has 0 aromatic carbocycles. The highest BCUT2D eigenvalue weighted by molar-refractivity contribution is 7.91. The van der Waals surface area contributed by atoms with Crippen molar-refractivity contribution in [3.63, 3.8) is 0 Å². The summed E-state index contributed by atoms with van der Waals surface area (Å²) in [5.74, 6) is 2.04. The molecule has 1 aliphatic carbocycles. The van der Waals surface area contributed by atoms with Gasteiger partial charge in [-0.2, -0.15) is 5.10 Å². The van der Waals surface area contributed by atoms with Crippen LogP contribution in [0, 0.1) is 6.92 Å². The summed E-state index contributed by atoms with van der Waals surface area (Å²) in [5, 5.41) is 6.75. The van der Waals surface area contributed by atoms with Crippen LogP contribution >= 0.6 is 11.3 Å². The Labute approximate surface area is 134 Å². The van der Waals surface area contributed by atoms with Gasteiger partial charge in [0.2, 0.25) is 0 Å². The van der Waals surface area contributed by atoms with E-state index >= 15 is 0 Å². The van der Waals surface area contributed by atoms with E-state index in [-0.39, 0.29) is 17.5 Å². The number of fused-ring (bicyclic) bond motifs is 1. The van der Waals surface area contributed by atoms with Gasteiger partial charge in [0.15, 0.2) is 15.7 Å². The molecule has 1 atom stereocenters. The Morgan fingerprint density at radius 3 is 2.91 bits per heavy atom. The van der Waals surface area contributed by atoms with Gasteiger partial charge in [0.1, 0.15) is 5.82 Å². The molecule has 5 nitrogen and oxygen atoms in total. The summed E-state index contributed by atoms with van der Waals surface area (Å²) < 4.78 is 25.5. The number of hydrogen-bond donors (Lipinski definition) is 0. The monoisotopic (exact) mass is 337 g/mol. The molecule has 1 saturated heterocycles. The van der Waals surface area contributed by atoms with E-state index in [1.165, 1.54) is 28.8 Å². The zero-order valence-corrected chi connectivity index (χ0v) is 14.2. The fraction of sp³-hybridized carbons (Fsp3) is 0.600. The van der Waals surface area contributed by atoms with Crippen LogP contribution in [0.2, 0.25) is 0 Å². The highest BCUT2D eigenvalue weighted by Crippen LogP contribution is 2.38. The molecule has 3 heterocycles. The summed E-state index contributed by atoms with van der Waals surface area (Å²) in [6.45, 7) is 1.88. The maximum absolute atomic E-state index is 11.8. The minimum Gasteiger partial charge on any atom is -0.241 e. The molecule has 0 saturated carbocycles. The third-order valence-corrected chi connectivity index (χ3v) is 7.42. The molecule has 4 rings (SSSR count). The molecule has 0 amide bonds. The molecule has 22 heavy (non-hydrogen) atoms. The summed E-state index contributed by atoms with van der Waals surface area (Å²) in [4.78, 5) is 5.82. The molecule has 0 radical (unpaired) electrons. The predicted octanol–water partition coefficient (Wildman–Crippen LogP) is 2.55. The molecule has 0 spiro atoms. The van der Waals surface area contributed by atoms with Crippen LogP contribution in [0.3, 0.4) is 0 Å². The normalized spacial score (nSPS) is 23.6. The zero-order chi connectivity index (χ0) is 15.3. The summed E-state index contributed by atoms with van der Waals surface area (Å²) in [7, 11) is -2.92. The fourth-order valence-electron chi connectivity index (χ4n) is 3.51. The third-order valence-electron chi connectivity index (χ3n) is 4.60. The number of thiophene rings is 1. The predicted molar refractivity (Wildman–Crippen MR) is 87.0 cm³/mol. The molecule has 0 bridgehead atoms. The maximum atomic E-state index is 11.8. The van der Waals surface area contributed by atoms with E-state index in [1.54, 1.807) is 11.3 Å². The van der Waals surface area contributed by atoms with Crippen LogP contribution in [0.25, 0.3) is 10.7 Å². The quantitative estimate of drug-likeness (QED) is 0.845. The van der Waals surface area contributed by atoms with E-state index in [0.29, 0.717) is 6.42 Å². The van der Waals surface area contributed by atoms with Crippen molar-refractivity contribution in [3.05, 3.63) is 22.3 Å². The van der Waals surface area contributed by atoms with Gasteiger partial charge >= 0.3 is 0 Å². The Morgan fingerprint density at radius 2 is 2.14 bits per heavy atom. The first-order valence-corrected chi connectivity index (χ1v) is 10.5. The van der Waals surface area contributed by atoms with Gasteiger partial charge in [0.25, 0.3) is 0 Å². The van der Waals surface area contributed by atoms with E-state index in [2.05, 4.69) is 15.5 Å². The first-order valence-electron chi connectivity index (χ1n) is 7.77. The topological polar surface area (TPSA) is 64.8 Å². The standard InChI is InChI=1S/C15H19N3O2S2/c1-10-16-15(14-13-5-3-2-4-11(13)8-21-14)18(17-10)12-6-7-22(19,20)9-12/h8,12H,2-7,9H2,1H3. The number of nitrogens with zero attached hydrogens (tertiary/aromatic N) is 3. The summed E-state index contributed by atoms with van der Waals surface area (Å²) in [6, 6.07) is -0.0671. The second-order valence-electron chi connectivity index (χ2n) is 6.26. The van der Waals surface area contributed by atoms with Gasteiger partial charge in [0, 0.05) is 0 Å². The van der Waals surface area contributed by atoms with Gasteiger partial charge < -0.3 is 0 Å². The van der Waals surface area contributed by atoms with Crippen molar-refractivity contribution in [1.82, 2.24) is 14.8 Å². The molecule has 2 aromatic rings. The molecule has 1 unspecified atom stereocenters. The van der Waals surface area contributed by atoms with Crippen LogP contribution in [0.15, 0.2) is 5.38 Å². The first kappa shape index (κ1) is 14.4. The van der Waals surface area contributed by atoms with Crippen LogP contribution in [-0.4, -0.2) is 34.7 Å². The van der Waals surface area contributed by atoms with Gasteiger partial charge in [-0.05, 0) is 55.5 Å². The average molecular weight is 337 g/mol. The van der Waals surface area contributed by atoms with Crippen molar-refractivity contribution in [2.75, 3.05) is 11.5 Å². The Hall–Kier alpha value is -1.21. The second kappa shape index (κ2) is 5.16. The number of hydrogen-bond acceptors (Lipinski definition) is 5. The van der Waals surface area contributed by atoms with Crippen molar-refractivity contribution in [2.45, 2.75) is 45.1 Å². The Bertz CT molecular complexity index is 820. The summed E-state index contributed by atoms with van der Waals surface area (Å²) in [5.41, 5.74) is 2.85. The van der Waals surface area contributed by atoms with E-state index in [0.717, 1.165) is 24.5 Å². The lowest BCUT2D eigenvalue weighted by molar-refractivity contribution is 0.502. The molecule has 7 heteroatoms. The lowest BCUT2D eigenvalue weighted by atomic mass is 9.94. The highest BCUT2D eigenvalue weighted by atomic mass is 32.2. The molecular formula is C15H19N3O2S2. The molecule has 2 aromatic heterocycles. The van der Waals surface area contributed by atoms with Crippen LogP contribution < -0.4 is 0 Å². The molecule has 1 fully saturated rings. The number of aryl methyl sites for hydroxylation is 2. The second-order valence-corrected chi connectivity index (χ2v) is 9.37. The van der Waals surface area contributed by atoms with Gasteiger partial charge in [-0.3, -0.25) is 0 Å². The van der Waals surface area contributed by atoms with Crippen molar-refractivity contribution < 1.29 is 8.42 Å². The summed E-state index contributed by atoms with van der Waals surface area (Å²) >= 11 is 1.73. The van der Waals surface area contributed by atoms with E-state index < -0.39 is 9.84 Å². The molecule has 2 aliphatic rings. The van der Waals surface area contributed by atoms with Gasteiger partial charge in [-0.1, -0.05) is 0 Å². The molecule has 1 aliphatic heterocycles. The first-order chi connectivity index (χ1) is 10.5. The van der Waals surface area contributed by atoms with E-state index in [1.807, 2.05) is 11.6 Å². The summed E-state index contributed by atoms with van der Waals surface area (Å²) in [6.07, 6.45) is 5.38. The number of rotatable bonds is 2. The Kier molecular flexibility index (Phi) is 3.38. The maximum Gasteiger partial charge on any atom is 0.169 e. The van der Waals surface area contributed by atoms with Crippen LogP contribution in [-0.2, 0) is 22.7 Å². The van der Waals surface area contributed by atoms with E-state index in [4.69, 9.17) is 0 Å². The van der Waals surface area contributed by atoms with Crippen LogP contribution in [0.1, 0.15) is 42.3 Å². The number of sulfone groups is 1. The van der Waals surface area contributed by atoms with Gasteiger partial charge in [-0.25, -0.2) is 18.1 Å². The highest BCUT2D eigenvalue weighted by Gasteiger charge is 2.32. The Balaban J connectivity index is 1.78. The van der Waals surface area contributed by atoms with Gasteiger partial charge in [0.05, 0.1) is 22.4 Å². The van der Waals surface area contributed by atoms with Crippen molar-refractivity contribution in [3.8, 4) is 10.7 Å². The minimum absolute atomic E-state index is 0.0671. The SMILES string of the molecule is Cc1nc(-c2scc3c2CCCC3)n(C2CCS(=O)(=O)C2)n1.